The van der Waals surface area contributed by atoms with Crippen molar-refractivity contribution >= 4 is 11.5 Å². The van der Waals surface area contributed by atoms with Crippen LogP contribution >= 0.6 is 0 Å². The van der Waals surface area contributed by atoms with Gasteiger partial charge >= 0.3 is 5.69 Å². The first kappa shape index (κ1) is 11.4. The van der Waals surface area contributed by atoms with Crippen LogP contribution in [0.4, 0.5) is 11.5 Å². The molecule has 0 aliphatic rings. The van der Waals surface area contributed by atoms with Gasteiger partial charge in [-0.2, -0.15) is 0 Å². The van der Waals surface area contributed by atoms with E-state index in [1.165, 1.54) is 12.3 Å². The van der Waals surface area contributed by atoms with E-state index in [9.17, 15) is 10.1 Å². The molecule has 6 nitrogen and oxygen atoms in total. The highest BCUT2D eigenvalue weighted by molar-refractivity contribution is 5.54. The number of anilines is 1. The first-order valence-corrected chi connectivity index (χ1v) is 4.58. The lowest BCUT2D eigenvalue weighted by atomic mass is 10.3. The summed E-state index contributed by atoms with van der Waals surface area (Å²) in [5.74, 6) is 0.304. The van der Waals surface area contributed by atoms with Gasteiger partial charge in [0.2, 0.25) is 5.82 Å². The molecular weight excluding hydrogens is 198 g/mol. The van der Waals surface area contributed by atoms with Crippen molar-refractivity contribution in [3.63, 3.8) is 0 Å². The Labute approximate surface area is 87.4 Å². The van der Waals surface area contributed by atoms with Gasteiger partial charge in [0.25, 0.3) is 0 Å². The normalized spacial score (nSPS) is 9.93. The zero-order valence-corrected chi connectivity index (χ0v) is 8.47. The number of ether oxygens (including phenoxy) is 1. The Hall–Kier alpha value is -1.69. The number of pyridine rings is 1. The molecule has 0 saturated carbocycles. The monoisotopic (exact) mass is 211 g/mol. The molecule has 1 aromatic heterocycles. The summed E-state index contributed by atoms with van der Waals surface area (Å²) in [6, 6.07) is 2.96. The molecule has 82 valence electrons. The van der Waals surface area contributed by atoms with Crippen LogP contribution in [-0.2, 0) is 4.74 Å². The van der Waals surface area contributed by atoms with E-state index in [2.05, 4.69) is 10.3 Å². The zero-order valence-electron chi connectivity index (χ0n) is 8.47. The number of nitrogens with zero attached hydrogens (tertiary/aromatic N) is 2. The first-order valence-electron chi connectivity index (χ1n) is 4.58. The third-order valence-corrected chi connectivity index (χ3v) is 1.80. The Balaban J connectivity index is 2.56. The standard InChI is InChI=1S/C9H13N3O3/c1-15-7-3-6-11-9-8(12(13)14)4-2-5-10-9/h2,4-5H,3,6-7H2,1H3,(H,10,11). The number of aromatic nitrogens is 1. The summed E-state index contributed by atoms with van der Waals surface area (Å²) in [7, 11) is 1.61. The lowest BCUT2D eigenvalue weighted by Crippen LogP contribution is -2.07. The fourth-order valence-corrected chi connectivity index (χ4v) is 1.10. The zero-order chi connectivity index (χ0) is 11.1. The van der Waals surface area contributed by atoms with Gasteiger partial charge in [0, 0.05) is 32.5 Å². The summed E-state index contributed by atoms with van der Waals surface area (Å²) in [5.41, 5.74) is -0.00471. The smallest absolute Gasteiger partial charge is 0.311 e. The maximum Gasteiger partial charge on any atom is 0.311 e. The fourth-order valence-electron chi connectivity index (χ4n) is 1.10. The van der Waals surface area contributed by atoms with Crippen molar-refractivity contribution < 1.29 is 9.66 Å². The summed E-state index contributed by atoms with van der Waals surface area (Å²) in [6.07, 6.45) is 2.30. The number of methoxy groups -OCH3 is 1. The van der Waals surface area contributed by atoms with Crippen LogP contribution in [0.5, 0.6) is 0 Å². The third kappa shape index (κ3) is 3.51. The number of hydrogen-bond donors (Lipinski definition) is 1. The highest BCUT2D eigenvalue weighted by Crippen LogP contribution is 2.19. The van der Waals surface area contributed by atoms with Crippen LogP contribution in [0.1, 0.15) is 6.42 Å². The number of rotatable bonds is 6. The predicted octanol–water partition coefficient (Wildman–Crippen LogP) is 1.44. The van der Waals surface area contributed by atoms with E-state index in [0.29, 0.717) is 19.0 Å². The van der Waals surface area contributed by atoms with Crippen LogP contribution in [-0.4, -0.2) is 30.2 Å². The Bertz CT molecular complexity index is 330. The van der Waals surface area contributed by atoms with Crippen molar-refractivity contribution in [3.05, 3.63) is 28.4 Å². The van der Waals surface area contributed by atoms with Crippen LogP contribution < -0.4 is 5.32 Å². The second-order valence-electron chi connectivity index (χ2n) is 2.90. The molecule has 0 fully saturated rings. The Kier molecular flexibility index (Phi) is 4.49. The van der Waals surface area contributed by atoms with E-state index >= 15 is 0 Å². The van der Waals surface area contributed by atoms with Crippen molar-refractivity contribution in [2.24, 2.45) is 0 Å². The summed E-state index contributed by atoms with van der Waals surface area (Å²) in [4.78, 5) is 14.1. The molecule has 6 heteroatoms. The third-order valence-electron chi connectivity index (χ3n) is 1.80. The molecule has 1 rings (SSSR count). The van der Waals surface area contributed by atoms with Crippen LogP contribution in [0.3, 0.4) is 0 Å². The molecule has 0 aliphatic heterocycles. The molecule has 0 amide bonds. The van der Waals surface area contributed by atoms with Gasteiger partial charge in [-0.25, -0.2) is 4.98 Å². The first-order chi connectivity index (χ1) is 7.25. The molecule has 0 unspecified atom stereocenters. The predicted molar refractivity (Wildman–Crippen MR) is 55.9 cm³/mol. The van der Waals surface area contributed by atoms with Gasteiger partial charge in [-0.05, 0) is 12.5 Å². The average Bonchev–Trinajstić information content (AvgIpc) is 2.25. The largest absolute Gasteiger partial charge is 0.385 e. The number of hydrogen-bond acceptors (Lipinski definition) is 5. The second-order valence-corrected chi connectivity index (χ2v) is 2.90. The minimum atomic E-state index is -0.453. The fraction of sp³-hybridized carbons (Fsp3) is 0.444. The molecule has 1 N–H and O–H groups in total. The van der Waals surface area contributed by atoms with E-state index in [4.69, 9.17) is 4.74 Å². The summed E-state index contributed by atoms with van der Waals surface area (Å²) in [5, 5.41) is 13.5. The SMILES string of the molecule is COCCCNc1ncccc1[N+](=O)[O-]. The Morgan fingerprint density at radius 3 is 3.13 bits per heavy atom. The number of nitrogens with one attached hydrogen (secondary N) is 1. The van der Waals surface area contributed by atoms with Crippen LogP contribution in [0.2, 0.25) is 0 Å². The Morgan fingerprint density at radius 2 is 2.47 bits per heavy atom. The molecule has 0 radical (unpaired) electrons. The molecule has 0 atom stereocenters. The summed E-state index contributed by atoms with van der Waals surface area (Å²) < 4.78 is 4.86. The van der Waals surface area contributed by atoms with Crippen molar-refractivity contribution in [1.82, 2.24) is 4.98 Å². The topological polar surface area (TPSA) is 77.3 Å². The molecule has 1 aromatic rings. The van der Waals surface area contributed by atoms with E-state index in [-0.39, 0.29) is 5.69 Å². The highest BCUT2D eigenvalue weighted by atomic mass is 16.6. The molecular formula is C9H13N3O3. The van der Waals surface area contributed by atoms with Crippen LogP contribution in [0.15, 0.2) is 18.3 Å². The average molecular weight is 211 g/mol. The minimum Gasteiger partial charge on any atom is -0.385 e. The second kappa shape index (κ2) is 5.92. The molecule has 0 bridgehead atoms. The quantitative estimate of drug-likeness (QED) is 0.437. The van der Waals surface area contributed by atoms with Gasteiger partial charge in [-0.1, -0.05) is 0 Å². The lowest BCUT2D eigenvalue weighted by molar-refractivity contribution is -0.384. The van der Waals surface area contributed by atoms with E-state index in [1.54, 1.807) is 13.2 Å². The van der Waals surface area contributed by atoms with Gasteiger partial charge < -0.3 is 10.1 Å². The van der Waals surface area contributed by atoms with Crippen LogP contribution in [0.25, 0.3) is 0 Å². The van der Waals surface area contributed by atoms with Crippen molar-refractivity contribution in [2.75, 3.05) is 25.6 Å². The molecule has 15 heavy (non-hydrogen) atoms. The molecule has 1 heterocycles. The number of nitro groups is 1. The summed E-state index contributed by atoms with van der Waals surface area (Å²) >= 11 is 0. The van der Waals surface area contributed by atoms with E-state index in [1.807, 2.05) is 0 Å². The van der Waals surface area contributed by atoms with Crippen molar-refractivity contribution in [3.8, 4) is 0 Å². The molecule has 0 aliphatic carbocycles. The van der Waals surface area contributed by atoms with Crippen LogP contribution in [0, 0.1) is 10.1 Å². The van der Waals surface area contributed by atoms with E-state index < -0.39 is 4.92 Å². The van der Waals surface area contributed by atoms with Gasteiger partial charge in [-0.15, -0.1) is 0 Å². The highest BCUT2D eigenvalue weighted by Gasteiger charge is 2.12. The lowest BCUT2D eigenvalue weighted by Gasteiger charge is -2.04. The summed E-state index contributed by atoms with van der Waals surface area (Å²) in [6.45, 7) is 1.22. The maximum absolute atomic E-state index is 10.6. The molecule has 0 saturated heterocycles. The minimum absolute atomic E-state index is 0.00471. The van der Waals surface area contributed by atoms with Crippen molar-refractivity contribution in [1.29, 1.82) is 0 Å². The van der Waals surface area contributed by atoms with Gasteiger partial charge in [0.05, 0.1) is 4.92 Å². The molecule has 0 aromatic carbocycles. The van der Waals surface area contributed by atoms with E-state index in [0.717, 1.165) is 6.42 Å². The van der Waals surface area contributed by atoms with Crippen molar-refractivity contribution in [2.45, 2.75) is 6.42 Å². The van der Waals surface area contributed by atoms with Gasteiger partial charge in [0.15, 0.2) is 0 Å². The maximum atomic E-state index is 10.6. The molecule has 0 spiro atoms. The van der Waals surface area contributed by atoms with Gasteiger partial charge in [-0.3, -0.25) is 10.1 Å². The Morgan fingerprint density at radius 1 is 1.67 bits per heavy atom. The van der Waals surface area contributed by atoms with Gasteiger partial charge in [0.1, 0.15) is 0 Å².